The van der Waals surface area contributed by atoms with Gasteiger partial charge in [-0.2, -0.15) is 0 Å². The van der Waals surface area contributed by atoms with Gasteiger partial charge < -0.3 is 15.3 Å². The number of carbonyl (C=O) groups excluding carboxylic acids is 1. The molecule has 0 spiro atoms. The smallest absolute Gasteiger partial charge is 0.305 e. The van der Waals surface area contributed by atoms with Gasteiger partial charge in [-0.3, -0.25) is 9.59 Å². The number of carboxylic acids is 1. The van der Waals surface area contributed by atoms with Gasteiger partial charge >= 0.3 is 5.97 Å². The van der Waals surface area contributed by atoms with Crippen molar-refractivity contribution in [1.29, 1.82) is 0 Å². The average molecular weight is 298 g/mol. The second-order valence-electron chi connectivity index (χ2n) is 7.05. The number of rotatable bonds is 6. The molecular weight excluding hydrogens is 268 g/mol. The number of carbonyl (C=O) groups is 2. The van der Waals surface area contributed by atoms with Crippen molar-refractivity contribution in [2.45, 2.75) is 65.3 Å². The summed E-state index contributed by atoms with van der Waals surface area (Å²) in [6, 6.07) is 0. The van der Waals surface area contributed by atoms with Crippen LogP contribution in [0.25, 0.3) is 0 Å². The summed E-state index contributed by atoms with van der Waals surface area (Å²) in [6.07, 6.45) is 3.55. The molecule has 0 aromatic rings. The molecule has 1 aliphatic heterocycles. The molecule has 0 radical (unpaired) electrons. The second-order valence-corrected chi connectivity index (χ2v) is 7.05. The second kappa shape index (κ2) is 7.25. The quantitative estimate of drug-likeness (QED) is 0.789. The number of carboxylic acid groups (broad SMARTS) is 1. The Morgan fingerprint density at radius 2 is 1.81 bits per heavy atom. The van der Waals surface area contributed by atoms with Crippen LogP contribution in [-0.2, 0) is 9.59 Å². The van der Waals surface area contributed by atoms with Crippen LogP contribution in [0, 0.1) is 5.41 Å². The van der Waals surface area contributed by atoms with Gasteiger partial charge in [0.1, 0.15) is 0 Å². The summed E-state index contributed by atoms with van der Waals surface area (Å²) in [6.45, 7) is 10.1. The van der Waals surface area contributed by atoms with Crippen molar-refractivity contribution in [1.82, 2.24) is 10.2 Å². The zero-order valence-corrected chi connectivity index (χ0v) is 13.9. The van der Waals surface area contributed by atoms with Crippen LogP contribution in [0.4, 0.5) is 0 Å². The van der Waals surface area contributed by atoms with Crippen LogP contribution < -0.4 is 5.32 Å². The van der Waals surface area contributed by atoms with E-state index in [0.717, 1.165) is 38.8 Å². The van der Waals surface area contributed by atoms with E-state index in [1.807, 2.05) is 20.8 Å². The van der Waals surface area contributed by atoms with Gasteiger partial charge in [-0.05, 0) is 53.1 Å². The van der Waals surface area contributed by atoms with Crippen LogP contribution in [0.1, 0.15) is 59.8 Å². The van der Waals surface area contributed by atoms with E-state index in [-0.39, 0.29) is 29.8 Å². The monoisotopic (exact) mass is 298 g/mol. The predicted octanol–water partition coefficient (Wildman–Crippen LogP) is 2.26. The number of aliphatic carboxylic acids is 1. The summed E-state index contributed by atoms with van der Waals surface area (Å²) in [5.41, 5.74) is -0.663. The van der Waals surface area contributed by atoms with E-state index in [1.165, 1.54) is 0 Å². The van der Waals surface area contributed by atoms with Crippen molar-refractivity contribution in [2.75, 3.05) is 19.6 Å². The third-order valence-corrected chi connectivity index (χ3v) is 4.35. The number of hydrogen-bond donors (Lipinski definition) is 2. The Morgan fingerprint density at radius 3 is 2.24 bits per heavy atom. The summed E-state index contributed by atoms with van der Waals surface area (Å²) in [5.74, 6) is -0.716. The Balaban J connectivity index is 2.97. The minimum absolute atomic E-state index is 0.00344. The van der Waals surface area contributed by atoms with Gasteiger partial charge in [-0.25, -0.2) is 0 Å². The molecule has 0 aliphatic carbocycles. The van der Waals surface area contributed by atoms with Gasteiger partial charge in [0.15, 0.2) is 0 Å². The predicted molar refractivity (Wildman–Crippen MR) is 83.2 cm³/mol. The fraction of sp³-hybridized carbons (Fsp3) is 0.875. The van der Waals surface area contributed by atoms with Gasteiger partial charge in [0.2, 0.25) is 5.91 Å². The van der Waals surface area contributed by atoms with Crippen molar-refractivity contribution in [3.63, 3.8) is 0 Å². The standard InChI is InChI=1S/C16H30N2O3/c1-5-7-16(8-10-17-11-9-16)14(21)18(15(2,3)4)12-6-13(19)20/h17H,5-12H2,1-4H3,(H,19,20). The highest BCUT2D eigenvalue weighted by Gasteiger charge is 2.43. The summed E-state index contributed by atoms with van der Waals surface area (Å²) >= 11 is 0. The molecule has 5 heteroatoms. The number of amides is 1. The van der Waals surface area contributed by atoms with Gasteiger partial charge in [-0.15, -0.1) is 0 Å². The third-order valence-electron chi connectivity index (χ3n) is 4.35. The molecule has 2 N–H and O–H groups in total. The van der Waals surface area contributed by atoms with Gasteiger partial charge in [-0.1, -0.05) is 13.3 Å². The lowest BCUT2D eigenvalue weighted by molar-refractivity contribution is -0.150. The zero-order valence-electron chi connectivity index (χ0n) is 13.9. The van der Waals surface area contributed by atoms with Crippen molar-refractivity contribution in [2.24, 2.45) is 5.41 Å². The maximum atomic E-state index is 13.2. The highest BCUT2D eigenvalue weighted by Crippen LogP contribution is 2.37. The molecule has 0 bridgehead atoms. The Morgan fingerprint density at radius 1 is 1.24 bits per heavy atom. The normalized spacial score (nSPS) is 18.3. The van der Waals surface area contributed by atoms with Crippen LogP contribution >= 0.6 is 0 Å². The third kappa shape index (κ3) is 4.70. The van der Waals surface area contributed by atoms with E-state index >= 15 is 0 Å². The Labute approximate surface area is 128 Å². The molecule has 0 unspecified atom stereocenters. The molecule has 0 aromatic carbocycles. The van der Waals surface area contributed by atoms with Crippen molar-refractivity contribution in [3.8, 4) is 0 Å². The largest absolute Gasteiger partial charge is 0.481 e. The first-order chi connectivity index (χ1) is 9.73. The molecule has 1 rings (SSSR count). The molecule has 1 amide bonds. The first-order valence-electron chi connectivity index (χ1n) is 7.97. The molecule has 1 aliphatic rings. The summed E-state index contributed by atoms with van der Waals surface area (Å²) < 4.78 is 0. The molecule has 0 atom stereocenters. The Bertz CT molecular complexity index is 363. The summed E-state index contributed by atoms with van der Waals surface area (Å²) in [7, 11) is 0. The average Bonchev–Trinajstić information content (AvgIpc) is 2.38. The van der Waals surface area contributed by atoms with E-state index in [2.05, 4.69) is 12.2 Å². The number of nitrogens with zero attached hydrogens (tertiary/aromatic N) is 1. The Hall–Kier alpha value is -1.10. The first kappa shape index (κ1) is 18.0. The maximum absolute atomic E-state index is 13.2. The highest BCUT2D eigenvalue weighted by atomic mass is 16.4. The van der Waals surface area contributed by atoms with Crippen LogP contribution in [0.3, 0.4) is 0 Å². The van der Waals surface area contributed by atoms with E-state index in [0.29, 0.717) is 0 Å². The minimum Gasteiger partial charge on any atom is -0.481 e. The topological polar surface area (TPSA) is 69.6 Å². The number of piperidine rings is 1. The fourth-order valence-electron chi connectivity index (χ4n) is 3.19. The van der Waals surface area contributed by atoms with Crippen LogP contribution in [0.15, 0.2) is 0 Å². The minimum atomic E-state index is -0.855. The molecule has 0 aromatic heterocycles. The summed E-state index contributed by atoms with van der Waals surface area (Å²) in [5, 5.41) is 12.3. The van der Waals surface area contributed by atoms with Gasteiger partial charge in [0.25, 0.3) is 0 Å². The molecule has 5 nitrogen and oxygen atoms in total. The SMILES string of the molecule is CCCC1(C(=O)N(CCC(=O)O)C(C)(C)C)CCNCC1. The zero-order chi connectivity index (χ0) is 16.1. The maximum Gasteiger partial charge on any atom is 0.305 e. The lowest BCUT2D eigenvalue weighted by Crippen LogP contribution is -2.55. The highest BCUT2D eigenvalue weighted by molar-refractivity contribution is 5.84. The Kier molecular flexibility index (Phi) is 6.20. The van der Waals surface area contributed by atoms with E-state index in [4.69, 9.17) is 5.11 Å². The van der Waals surface area contributed by atoms with Gasteiger partial charge in [0.05, 0.1) is 11.8 Å². The molecule has 21 heavy (non-hydrogen) atoms. The van der Waals surface area contributed by atoms with Crippen molar-refractivity contribution < 1.29 is 14.7 Å². The molecule has 1 fully saturated rings. The van der Waals surface area contributed by atoms with E-state index in [1.54, 1.807) is 4.90 Å². The van der Waals surface area contributed by atoms with Crippen LogP contribution in [-0.4, -0.2) is 47.1 Å². The molecular formula is C16H30N2O3. The fourth-order valence-corrected chi connectivity index (χ4v) is 3.19. The van der Waals surface area contributed by atoms with Crippen LogP contribution in [0.2, 0.25) is 0 Å². The summed E-state index contributed by atoms with van der Waals surface area (Å²) in [4.78, 5) is 25.8. The number of nitrogens with one attached hydrogen (secondary N) is 1. The van der Waals surface area contributed by atoms with E-state index in [9.17, 15) is 9.59 Å². The lowest BCUT2D eigenvalue weighted by Gasteiger charge is -2.45. The number of hydrogen-bond acceptors (Lipinski definition) is 3. The van der Waals surface area contributed by atoms with Crippen molar-refractivity contribution in [3.05, 3.63) is 0 Å². The lowest BCUT2D eigenvalue weighted by atomic mass is 9.73. The first-order valence-corrected chi connectivity index (χ1v) is 7.97. The van der Waals surface area contributed by atoms with Crippen molar-refractivity contribution >= 4 is 11.9 Å². The molecule has 0 saturated carbocycles. The molecule has 122 valence electrons. The molecule has 1 saturated heterocycles. The molecule has 1 heterocycles. The van der Waals surface area contributed by atoms with Crippen LogP contribution in [0.5, 0.6) is 0 Å². The van der Waals surface area contributed by atoms with Gasteiger partial charge in [0, 0.05) is 12.1 Å². The van der Waals surface area contributed by atoms with E-state index < -0.39 is 5.97 Å².